The molecule has 0 fully saturated rings. The Morgan fingerprint density at radius 1 is 1.07 bits per heavy atom. The van der Waals surface area contributed by atoms with Crippen molar-refractivity contribution in [2.24, 2.45) is 0 Å². The van der Waals surface area contributed by atoms with E-state index in [0.717, 1.165) is 22.5 Å². The number of fused-ring (bicyclic) bond motifs is 1. The monoisotopic (exact) mass is 416 g/mol. The topological polar surface area (TPSA) is 49.4 Å². The summed E-state index contributed by atoms with van der Waals surface area (Å²) in [7, 11) is 0. The molecule has 27 heavy (non-hydrogen) atoms. The number of hydrogen-bond donors (Lipinski definition) is 1. The Balaban J connectivity index is 1.55. The second-order valence-electron chi connectivity index (χ2n) is 6.11. The van der Waals surface area contributed by atoms with Crippen LogP contribution in [0.15, 0.2) is 53.9 Å². The summed E-state index contributed by atoms with van der Waals surface area (Å²) in [6.07, 6.45) is 0.744. The van der Waals surface area contributed by atoms with Gasteiger partial charge in [-0.15, -0.1) is 11.3 Å². The molecule has 0 bridgehead atoms. The summed E-state index contributed by atoms with van der Waals surface area (Å²) in [5.74, 6) is -0.321. The molecule has 1 N–H and O–H groups in total. The molecule has 2 aromatic carbocycles. The third kappa shape index (κ3) is 3.58. The minimum Gasteiger partial charge on any atom is -0.322 e. The smallest absolute Gasteiger partial charge is 0.268 e. The van der Waals surface area contributed by atoms with Gasteiger partial charge in [-0.05, 0) is 59.8 Å². The van der Waals surface area contributed by atoms with Crippen molar-refractivity contribution < 1.29 is 9.59 Å². The third-order valence-electron chi connectivity index (χ3n) is 4.38. The number of nitrogens with one attached hydrogen (secondary N) is 1. The Hall–Kier alpha value is -2.34. The Labute approximate surface area is 170 Å². The van der Waals surface area contributed by atoms with Gasteiger partial charge in [0.15, 0.2) is 0 Å². The number of carbonyl (C=O) groups is 2. The van der Waals surface area contributed by atoms with Crippen LogP contribution in [-0.2, 0) is 6.42 Å². The molecule has 0 spiro atoms. The van der Waals surface area contributed by atoms with Crippen molar-refractivity contribution in [3.05, 3.63) is 80.0 Å². The van der Waals surface area contributed by atoms with Crippen LogP contribution in [0.4, 0.5) is 11.4 Å². The lowest BCUT2D eigenvalue weighted by atomic mass is 10.1. The molecule has 0 aliphatic carbocycles. The van der Waals surface area contributed by atoms with E-state index in [9.17, 15) is 9.59 Å². The summed E-state index contributed by atoms with van der Waals surface area (Å²) < 4.78 is 0. The highest BCUT2D eigenvalue weighted by molar-refractivity contribution is 7.12. The molecule has 3 aromatic rings. The van der Waals surface area contributed by atoms with Crippen LogP contribution in [0, 0.1) is 0 Å². The first-order chi connectivity index (χ1) is 13.0. The quantitative estimate of drug-likeness (QED) is 0.611. The zero-order valence-corrected chi connectivity index (χ0v) is 16.4. The molecule has 7 heteroatoms. The van der Waals surface area contributed by atoms with Crippen LogP contribution in [0.1, 0.15) is 25.6 Å². The Morgan fingerprint density at radius 3 is 2.70 bits per heavy atom. The summed E-state index contributed by atoms with van der Waals surface area (Å²) in [4.78, 5) is 27.6. The molecule has 136 valence electrons. The fraction of sp³-hybridized carbons (Fsp3) is 0.100. The van der Waals surface area contributed by atoms with E-state index in [1.807, 2.05) is 29.6 Å². The molecule has 0 saturated heterocycles. The number of amides is 2. The molecule has 1 aliphatic heterocycles. The predicted molar refractivity (Wildman–Crippen MR) is 111 cm³/mol. The van der Waals surface area contributed by atoms with E-state index in [-0.39, 0.29) is 11.8 Å². The van der Waals surface area contributed by atoms with E-state index < -0.39 is 0 Å². The van der Waals surface area contributed by atoms with E-state index in [4.69, 9.17) is 23.2 Å². The molecule has 2 heterocycles. The first-order valence-corrected chi connectivity index (χ1v) is 9.91. The van der Waals surface area contributed by atoms with Crippen molar-refractivity contribution in [1.82, 2.24) is 0 Å². The van der Waals surface area contributed by atoms with Crippen molar-refractivity contribution in [2.75, 3.05) is 16.8 Å². The number of rotatable bonds is 3. The van der Waals surface area contributed by atoms with Crippen molar-refractivity contribution in [3.8, 4) is 0 Å². The van der Waals surface area contributed by atoms with Crippen LogP contribution in [0.25, 0.3) is 0 Å². The summed E-state index contributed by atoms with van der Waals surface area (Å²) >= 11 is 13.5. The maximum atomic E-state index is 12.6. The molecule has 1 aliphatic rings. The highest BCUT2D eigenvalue weighted by Crippen LogP contribution is 2.32. The lowest BCUT2D eigenvalue weighted by Gasteiger charge is -2.16. The summed E-state index contributed by atoms with van der Waals surface area (Å²) in [5, 5.41) is 5.52. The highest BCUT2D eigenvalue weighted by atomic mass is 35.5. The van der Waals surface area contributed by atoms with Gasteiger partial charge in [0.1, 0.15) is 0 Å². The first-order valence-electron chi connectivity index (χ1n) is 8.27. The average Bonchev–Trinajstić information content (AvgIpc) is 3.32. The second kappa shape index (κ2) is 7.35. The van der Waals surface area contributed by atoms with Gasteiger partial charge in [-0.3, -0.25) is 9.59 Å². The van der Waals surface area contributed by atoms with E-state index in [1.54, 1.807) is 23.1 Å². The molecular formula is C20H14Cl2N2O2S. The molecule has 4 nitrogen and oxygen atoms in total. The zero-order chi connectivity index (χ0) is 19.0. The Morgan fingerprint density at radius 2 is 1.93 bits per heavy atom. The fourth-order valence-corrected chi connectivity index (χ4v) is 4.14. The standard InChI is InChI=1S/C20H14Cl2N2O2S/c21-13-3-5-16(22)15(11-13)19(25)23-14-4-6-17-12(10-14)7-8-24(17)20(26)18-2-1-9-27-18/h1-6,9-11H,7-8H2,(H,23,25). The molecule has 0 radical (unpaired) electrons. The van der Waals surface area contributed by atoms with Gasteiger partial charge >= 0.3 is 0 Å². The lowest BCUT2D eigenvalue weighted by Crippen LogP contribution is -2.28. The van der Waals surface area contributed by atoms with Gasteiger partial charge in [-0.2, -0.15) is 0 Å². The van der Waals surface area contributed by atoms with Gasteiger partial charge in [-0.1, -0.05) is 29.3 Å². The largest absolute Gasteiger partial charge is 0.322 e. The van der Waals surface area contributed by atoms with Gasteiger partial charge in [0.25, 0.3) is 11.8 Å². The number of nitrogens with zero attached hydrogens (tertiary/aromatic N) is 1. The SMILES string of the molecule is O=C(Nc1ccc2c(c1)CCN2C(=O)c1cccs1)c1cc(Cl)ccc1Cl. The first kappa shape index (κ1) is 18.0. The predicted octanol–water partition coefficient (Wildman–Crippen LogP) is 5.51. The van der Waals surface area contributed by atoms with E-state index >= 15 is 0 Å². The third-order valence-corrected chi connectivity index (χ3v) is 5.81. The maximum Gasteiger partial charge on any atom is 0.268 e. The van der Waals surface area contributed by atoms with Crippen LogP contribution in [0.3, 0.4) is 0 Å². The van der Waals surface area contributed by atoms with Crippen LogP contribution in [0.5, 0.6) is 0 Å². The Bertz CT molecular complexity index is 1030. The summed E-state index contributed by atoms with van der Waals surface area (Å²) in [6, 6.07) is 14.0. The molecule has 4 rings (SSSR count). The average molecular weight is 417 g/mol. The minimum atomic E-state index is -0.327. The van der Waals surface area contributed by atoms with Crippen molar-refractivity contribution >= 4 is 57.7 Å². The number of halogens is 2. The van der Waals surface area contributed by atoms with Gasteiger partial charge < -0.3 is 10.2 Å². The zero-order valence-electron chi connectivity index (χ0n) is 14.0. The van der Waals surface area contributed by atoms with Crippen LogP contribution in [-0.4, -0.2) is 18.4 Å². The maximum absolute atomic E-state index is 12.6. The summed E-state index contributed by atoms with van der Waals surface area (Å²) in [6.45, 7) is 0.629. The normalized spacial score (nSPS) is 12.7. The van der Waals surface area contributed by atoms with Crippen LogP contribution >= 0.6 is 34.5 Å². The molecule has 1 aromatic heterocycles. The number of anilines is 2. The van der Waals surface area contributed by atoms with E-state index in [2.05, 4.69) is 5.32 Å². The fourth-order valence-electron chi connectivity index (χ4n) is 3.09. The minimum absolute atomic E-state index is 0.00578. The molecule has 0 saturated carbocycles. The number of carbonyl (C=O) groups excluding carboxylic acids is 2. The number of thiophene rings is 1. The lowest BCUT2D eigenvalue weighted by molar-refractivity contribution is 0.0991. The van der Waals surface area contributed by atoms with E-state index in [0.29, 0.717) is 27.8 Å². The molecule has 0 atom stereocenters. The van der Waals surface area contributed by atoms with Gasteiger partial charge in [0.2, 0.25) is 0 Å². The van der Waals surface area contributed by atoms with Gasteiger partial charge in [-0.25, -0.2) is 0 Å². The van der Waals surface area contributed by atoms with Gasteiger partial charge in [0, 0.05) is 22.9 Å². The van der Waals surface area contributed by atoms with Crippen molar-refractivity contribution in [2.45, 2.75) is 6.42 Å². The van der Waals surface area contributed by atoms with E-state index in [1.165, 1.54) is 17.4 Å². The second-order valence-corrected chi connectivity index (χ2v) is 7.90. The summed E-state index contributed by atoms with van der Waals surface area (Å²) in [5.41, 5.74) is 2.88. The van der Waals surface area contributed by atoms with Crippen LogP contribution < -0.4 is 10.2 Å². The number of benzene rings is 2. The highest BCUT2D eigenvalue weighted by Gasteiger charge is 2.26. The number of hydrogen-bond acceptors (Lipinski definition) is 3. The molecule has 2 amide bonds. The molecular weight excluding hydrogens is 403 g/mol. The van der Waals surface area contributed by atoms with Crippen molar-refractivity contribution in [1.29, 1.82) is 0 Å². The van der Waals surface area contributed by atoms with Crippen molar-refractivity contribution in [3.63, 3.8) is 0 Å². The van der Waals surface area contributed by atoms with Gasteiger partial charge in [0.05, 0.1) is 15.5 Å². The van der Waals surface area contributed by atoms with Crippen LogP contribution in [0.2, 0.25) is 10.0 Å². The Kier molecular flexibility index (Phi) is 4.91. The molecule has 0 unspecified atom stereocenters.